The van der Waals surface area contributed by atoms with Crippen molar-refractivity contribution < 1.29 is 14.0 Å². The number of hydrogen-bond donors (Lipinski definition) is 1. The highest BCUT2D eigenvalue weighted by atomic mass is 35.5. The number of nitrogens with one attached hydrogen (secondary N) is 1. The number of urea groups is 1. The third-order valence-corrected chi connectivity index (χ3v) is 6.28. The van der Waals surface area contributed by atoms with Crippen LogP contribution in [0.1, 0.15) is 24.2 Å². The van der Waals surface area contributed by atoms with Gasteiger partial charge in [0.05, 0.1) is 0 Å². The van der Waals surface area contributed by atoms with Crippen molar-refractivity contribution in [2.45, 2.75) is 25.4 Å². The largest absolute Gasteiger partial charge is 0.335 e. The first-order chi connectivity index (χ1) is 14.7. The van der Waals surface area contributed by atoms with E-state index in [0.29, 0.717) is 42.5 Å². The molecule has 0 unspecified atom stereocenters. The van der Waals surface area contributed by atoms with Gasteiger partial charge in [0.1, 0.15) is 5.82 Å². The van der Waals surface area contributed by atoms with E-state index >= 15 is 0 Å². The minimum atomic E-state index is -0.346. The maximum atomic E-state index is 13.1. The number of amides is 3. The molecule has 8 heteroatoms. The predicted molar refractivity (Wildman–Crippen MR) is 119 cm³/mol. The molecule has 0 spiro atoms. The molecule has 6 nitrogen and oxygen atoms in total. The van der Waals surface area contributed by atoms with Crippen LogP contribution < -0.4 is 5.32 Å². The van der Waals surface area contributed by atoms with Crippen LogP contribution in [0.15, 0.2) is 48.5 Å². The fraction of sp³-hybridized carbons (Fsp3) is 0.391. The third kappa shape index (κ3) is 4.67. The first kappa shape index (κ1) is 21.6. The average molecular weight is 445 g/mol. The van der Waals surface area contributed by atoms with E-state index in [2.05, 4.69) is 24.1 Å². The van der Waals surface area contributed by atoms with Crippen molar-refractivity contribution in [1.29, 1.82) is 0 Å². The monoisotopic (exact) mass is 444 g/mol. The Balaban J connectivity index is 1.46. The third-order valence-electron chi connectivity index (χ3n) is 6.03. The van der Waals surface area contributed by atoms with Gasteiger partial charge >= 0.3 is 6.03 Å². The van der Waals surface area contributed by atoms with E-state index in [1.165, 1.54) is 12.1 Å². The Hall–Kier alpha value is -2.64. The Morgan fingerprint density at radius 2 is 1.65 bits per heavy atom. The van der Waals surface area contributed by atoms with E-state index in [4.69, 9.17) is 11.6 Å². The molecule has 164 valence electrons. The Kier molecular flexibility index (Phi) is 5.90. The topological polar surface area (TPSA) is 55.9 Å². The summed E-state index contributed by atoms with van der Waals surface area (Å²) in [7, 11) is 0. The fourth-order valence-corrected chi connectivity index (χ4v) is 4.66. The van der Waals surface area contributed by atoms with Crippen LogP contribution in [0, 0.1) is 5.82 Å². The molecule has 0 aromatic heterocycles. The van der Waals surface area contributed by atoms with Crippen LogP contribution in [0.4, 0.5) is 14.9 Å². The maximum absolute atomic E-state index is 13.1. The van der Waals surface area contributed by atoms with Crippen molar-refractivity contribution in [2.75, 3.05) is 38.0 Å². The molecule has 2 aliphatic rings. The molecule has 2 aliphatic heterocycles. The molecule has 2 aromatic rings. The van der Waals surface area contributed by atoms with Crippen molar-refractivity contribution in [2.24, 2.45) is 0 Å². The molecule has 0 saturated carbocycles. The maximum Gasteiger partial charge on any atom is 0.321 e. The number of carbonyl (C=O) groups excluding carboxylic acids is 2. The first-order valence-electron chi connectivity index (χ1n) is 10.4. The van der Waals surface area contributed by atoms with Crippen LogP contribution in [0.2, 0.25) is 5.02 Å². The smallest absolute Gasteiger partial charge is 0.321 e. The molecular weight excluding hydrogens is 419 g/mol. The number of halogens is 2. The van der Waals surface area contributed by atoms with Gasteiger partial charge in [0.15, 0.2) is 0 Å². The lowest BCUT2D eigenvalue weighted by Crippen LogP contribution is -2.70. The molecule has 1 atom stereocenters. The van der Waals surface area contributed by atoms with Crippen LogP contribution in [-0.2, 0) is 0 Å². The van der Waals surface area contributed by atoms with Crippen LogP contribution in [-0.4, -0.2) is 70.9 Å². The van der Waals surface area contributed by atoms with Crippen molar-refractivity contribution in [3.05, 3.63) is 64.9 Å². The summed E-state index contributed by atoms with van der Waals surface area (Å²) in [4.78, 5) is 31.9. The van der Waals surface area contributed by atoms with Gasteiger partial charge in [-0.1, -0.05) is 11.6 Å². The molecular formula is C23H26ClFN4O2. The second kappa shape index (κ2) is 8.48. The zero-order chi connectivity index (χ0) is 22.2. The van der Waals surface area contributed by atoms with Gasteiger partial charge in [0.25, 0.3) is 5.91 Å². The summed E-state index contributed by atoms with van der Waals surface area (Å²) in [6.45, 7) is 7.28. The number of nitrogens with zero attached hydrogens (tertiary/aromatic N) is 3. The Bertz CT molecular complexity index is 965. The number of anilines is 1. The van der Waals surface area contributed by atoms with E-state index in [-0.39, 0.29) is 29.3 Å². The summed E-state index contributed by atoms with van der Waals surface area (Å²) in [6.07, 6.45) is 0. The number of hydrogen-bond acceptors (Lipinski definition) is 3. The fourth-order valence-electron chi connectivity index (χ4n) is 4.54. The lowest BCUT2D eigenvalue weighted by Gasteiger charge is -2.55. The summed E-state index contributed by atoms with van der Waals surface area (Å²) in [6, 6.07) is 12.5. The SMILES string of the molecule is CC1(C)CN(C(=O)c2ccc(Cl)cc2)C[C@@H]2CN(C(=O)Nc3ccc(F)cc3)CCN21. The standard InChI is InChI=1S/C23H26ClFN4O2/c1-23(2)15-28(21(30)16-3-5-17(24)6-4-16)14-20-13-27(11-12-29(20)23)22(31)26-19-9-7-18(25)8-10-19/h3-10,20H,11-15H2,1-2H3,(H,26,31)/t20-/m0/s1. The van der Waals surface area contributed by atoms with E-state index in [1.807, 2.05) is 4.90 Å². The summed E-state index contributed by atoms with van der Waals surface area (Å²) >= 11 is 5.96. The second-order valence-corrected chi connectivity index (χ2v) is 9.17. The van der Waals surface area contributed by atoms with Gasteiger partial charge in [-0.25, -0.2) is 9.18 Å². The number of carbonyl (C=O) groups is 2. The lowest BCUT2D eigenvalue weighted by molar-refractivity contribution is -0.0472. The molecule has 2 heterocycles. The minimum absolute atomic E-state index is 0.0303. The Labute approximate surface area is 186 Å². The van der Waals surface area contributed by atoms with Gasteiger partial charge in [-0.15, -0.1) is 0 Å². The normalized spacial score (nSPS) is 20.8. The molecule has 1 N–H and O–H groups in total. The minimum Gasteiger partial charge on any atom is -0.335 e. The van der Waals surface area contributed by atoms with Crippen LogP contribution in [0.25, 0.3) is 0 Å². The van der Waals surface area contributed by atoms with Gasteiger partial charge < -0.3 is 15.1 Å². The van der Waals surface area contributed by atoms with Crippen LogP contribution in [0.3, 0.4) is 0 Å². The van der Waals surface area contributed by atoms with Crippen LogP contribution in [0.5, 0.6) is 0 Å². The van der Waals surface area contributed by atoms with Crippen molar-refractivity contribution in [3.8, 4) is 0 Å². The number of rotatable bonds is 2. The van der Waals surface area contributed by atoms with E-state index in [1.54, 1.807) is 41.3 Å². The van der Waals surface area contributed by atoms with E-state index < -0.39 is 0 Å². The number of fused-ring (bicyclic) bond motifs is 1. The Morgan fingerprint density at radius 1 is 1.00 bits per heavy atom. The number of piperazine rings is 2. The molecule has 0 aliphatic carbocycles. The molecule has 2 fully saturated rings. The first-order valence-corrected chi connectivity index (χ1v) is 10.7. The van der Waals surface area contributed by atoms with E-state index in [9.17, 15) is 14.0 Å². The predicted octanol–water partition coefficient (Wildman–Crippen LogP) is 3.93. The summed E-state index contributed by atoms with van der Waals surface area (Å²) in [5.41, 5.74) is 0.956. The highest BCUT2D eigenvalue weighted by Gasteiger charge is 2.44. The van der Waals surface area contributed by atoms with Gasteiger partial charge in [-0.05, 0) is 62.4 Å². The zero-order valence-electron chi connectivity index (χ0n) is 17.6. The summed E-state index contributed by atoms with van der Waals surface area (Å²) < 4.78 is 13.1. The average Bonchev–Trinajstić information content (AvgIpc) is 2.74. The number of benzene rings is 2. The van der Waals surface area contributed by atoms with Gasteiger partial charge in [0.2, 0.25) is 0 Å². The lowest BCUT2D eigenvalue weighted by atomic mass is 9.92. The molecule has 0 bridgehead atoms. The zero-order valence-corrected chi connectivity index (χ0v) is 18.4. The summed E-state index contributed by atoms with van der Waals surface area (Å²) in [5.74, 6) is -0.376. The van der Waals surface area contributed by atoms with Crippen molar-refractivity contribution in [3.63, 3.8) is 0 Å². The van der Waals surface area contributed by atoms with Crippen molar-refractivity contribution >= 4 is 29.2 Å². The van der Waals surface area contributed by atoms with Gasteiger partial charge in [0, 0.05) is 60.6 Å². The van der Waals surface area contributed by atoms with E-state index in [0.717, 1.165) is 6.54 Å². The molecule has 3 amide bonds. The second-order valence-electron chi connectivity index (χ2n) is 8.74. The quantitative estimate of drug-likeness (QED) is 0.763. The Morgan fingerprint density at radius 3 is 2.32 bits per heavy atom. The van der Waals surface area contributed by atoms with Gasteiger partial charge in [-0.3, -0.25) is 9.69 Å². The summed E-state index contributed by atoms with van der Waals surface area (Å²) in [5, 5.41) is 3.42. The van der Waals surface area contributed by atoms with Crippen molar-refractivity contribution in [1.82, 2.24) is 14.7 Å². The highest BCUT2D eigenvalue weighted by molar-refractivity contribution is 6.30. The molecule has 2 aromatic carbocycles. The van der Waals surface area contributed by atoms with Gasteiger partial charge in [-0.2, -0.15) is 0 Å². The molecule has 0 radical (unpaired) electrons. The highest BCUT2D eigenvalue weighted by Crippen LogP contribution is 2.29. The molecule has 2 saturated heterocycles. The molecule has 4 rings (SSSR count). The molecule has 31 heavy (non-hydrogen) atoms. The van der Waals surface area contributed by atoms with Crippen LogP contribution >= 0.6 is 11.6 Å².